The lowest BCUT2D eigenvalue weighted by atomic mass is 10.2. The number of rotatable bonds is 10. The summed E-state index contributed by atoms with van der Waals surface area (Å²) in [5, 5.41) is 11.6. The zero-order valence-electron chi connectivity index (χ0n) is 18.1. The van der Waals surface area contributed by atoms with E-state index in [2.05, 4.69) is 21.2 Å². The highest BCUT2D eigenvalue weighted by Gasteiger charge is 2.32. The molecule has 0 spiro atoms. The molecule has 0 saturated carbocycles. The Labute approximate surface area is 214 Å². The summed E-state index contributed by atoms with van der Waals surface area (Å²) >= 11 is 9.67. The number of amides is 2. The van der Waals surface area contributed by atoms with Gasteiger partial charge in [0.2, 0.25) is 0 Å². The Morgan fingerprint density at radius 1 is 1.18 bits per heavy atom. The molecule has 8 nitrogen and oxygen atoms in total. The van der Waals surface area contributed by atoms with Crippen LogP contribution in [0.15, 0.2) is 51.8 Å². The minimum Gasteiger partial charge on any atom is -0.490 e. The fourth-order valence-corrected chi connectivity index (χ4v) is 4.50. The molecule has 0 aliphatic carbocycles. The molecule has 0 bridgehead atoms. The highest BCUT2D eigenvalue weighted by atomic mass is 79.9. The van der Waals surface area contributed by atoms with Crippen LogP contribution in [0.5, 0.6) is 11.5 Å². The zero-order valence-corrected chi connectivity index (χ0v) is 21.3. The number of nitrogens with one attached hydrogen (secondary N) is 1. The Kier molecular flexibility index (Phi) is 9.08. The minimum atomic E-state index is -1.000. The minimum absolute atomic E-state index is 0.0244. The van der Waals surface area contributed by atoms with Gasteiger partial charge in [-0.1, -0.05) is 46.0 Å². The van der Waals surface area contributed by atoms with E-state index in [1.807, 2.05) is 19.1 Å². The summed E-state index contributed by atoms with van der Waals surface area (Å²) in [6, 6.07) is 12.3. The lowest BCUT2D eigenvalue weighted by molar-refractivity contribution is -0.137. The smallest absolute Gasteiger partial charge is 0.305 e. The molecule has 0 unspecified atom stereocenters. The standard InChI is InChI=1S/C23H21BrN2O6S2/c1-2-31-18-11-14(12-19-22(30)26(23(33)34-19)10-9-21(28)29)3-8-17(18)32-13-20(27)25-16-6-4-15(24)5-7-16/h3-8,11-12H,2,9-10,13H2,1H3,(H,25,27)(H,28,29)/b19-12-. The van der Waals surface area contributed by atoms with Crippen LogP contribution in [0, 0.1) is 0 Å². The number of carbonyl (C=O) groups excluding carboxylic acids is 2. The van der Waals surface area contributed by atoms with E-state index in [0.717, 1.165) is 16.2 Å². The second kappa shape index (κ2) is 12.0. The molecule has 1 fully saturated rings. The Balaban J connectivity index is 1.68. The lowest BCUT2D eigenvalue weighted by Gasteiger charge is -2.13. The van der Waals surface area contributed by atoms with Gasteiger partial charge in [-0.3, -0.25) is 19.3 Å². The number of halogens is 1. The summed E-state index contributed by atoms with van der Waals surface area (Å²) in [4.78, 5) is 37.3. The molecule has 2 amide bonds. The van der Waals surface area contributed by atoms with E-state index in [9.17, 15) is 14.4 Å². The Hall–Kier alpha value is -2.89. The van der Waals surface area contributed by atoms with Crippen LogP contribution < -0.4 is 14.8 Å². The largest absolute Gasteiger partial charge is 0.490 e. The van der Waals surface area contributed by atoms with Gasteiger partial charge in [0, 0.05) is 16.7 Å². The highest BCUT2D eigenvalue weighted by Crippen LogP contribution is 2.35. The van der Waals surface area contributed by atoms with E-state index in [1.54, 1.807) is 36.4 Å². The number of carboxylic acid groups (broad SMARTS) is 1. The highest BCUT2D eigenvalue weighted by molar-refractivity contribution is 9.10. The predicted molar refractivity (Wildman–Crippen MR) is 138 cm³/mol. The molecule has 0 atom stereocenters. The van der Waals surface area contributed by atoms with Gasteiger partial charge in [0.25, 0.3) is 11.8 Å². The van der Waals surface area contributed by atoms with E-state index in [-0.39, 0.29) is 31.4 Å². The van der Waals surface area contributed by atoms with Gasteiger partial charge in [0.1, 0.15) is 4.32 Å². The van der Waals surface area contributed by atoms with Gasteiger partial charge in [0.05, 0.1) is 17.9 Å². The molecular formula is C23H21BrN2O6S2. The lowest BCUT2D eigenvalue weighted by Crippen LogP contribution is -2.30. The maximum absolute atomic E-state index is 12.6. The second-order valence-electron chi connectivity index (χ2n) is 6.96. The van der Waals surface area contributed by atoms with Crippen LogP contribution >= 0.6 is 39.9 Å². The molecular weight excluding hydrogens is 544 g/mol. The summed E-state index contributed by atoms with van der Waals surface area (Å²) < 4.78 is 12.5. The third-order valence-corrected chi connectivity index (χ3v) is 6.38. The summed E-state index contributed by atoms with van der Waals surface area (Å²) in [5.74, 6) is -0.841. The third-order valence-electron chi connectivity index (χ3n) is 4.47. The van der Waals surface area contributed by atoms with E-state index in [4.69, 9.17) is 26.8 Å². The summed E-state index contributed by atoms with van der Waals surface area (Å²) in [6.07, 6.45) is 1.47. The SMILES string of the molecule is CCOc1cc(/C=C2\SC(=S)N(CCC(=O)O)C2=O)ccc1OCC(=O)Nc1ccc(Br)cc1. The van der Waals surface area contributed by atoms with Crippen molar-refractivity contribution < 1.29 is 29.0 Å². The van der Waals surface area contributed by atoms with Crippen LogP contribution in [0.25, 0.3) is 6.08 Å². The van der Waals surface area contributed by atoms with Gasteiger partial charge in [-0.05, 0) is 55.0 Å². The van der Waals surface area contributed by atoms with E-state index in [0.29, 0.717) is 38.6 Å². The Morgan fingerprint density at radius 3 is 2.59 bits per heavy atom. The number of aliphatic carboxylic acids is 1. The molecule has 1 saturated heterocycles. The molecule has 0 aromatic heterocycles. The topological polar surface area (TPSA) is 105 Å². The number of anilines is 1. The molecule has 1 aliphatic heterocycles. The number of thioether (sulfide) groups is 1. The first-order valence-corrected chi connectivity index (χ1v) is 12.2. The molecule has 1 heterocycles. The van der Waals surface area contributed by atoms with E-state index in [1.165, 1.54) is 4.90 Å². The average Bonchev–Trinajstić information content (AvgIpc) is 3.05. The van der Waals surface area contributed by atoms with Crippen molar-refractivity contribution in [1.82, 2.24) is 4.90 Å². The predicted octanol–water partition coefficient (Wildman–Crippen LogP) is 4.54. The van der Waals surface area contributed by atoms with Crippen molar-refractivity contribution in [3.05, 3.63) is 57.4 Å². The molecule has 0 radical (unpaired) electrons. The number of carboxylic acids is 1. The van der Waals surface area contributed by atoms with Crippen molar-refractivity contribution in [2.75, 3.05) is 25.1 Å². The van der Waals surface area contributed by atoms with Gasteiger partial charge < -0.3 is 19.9 Å². The number of benzene rings is 2. The molecule has 11 heteroatoms. The van der Waals surface area contributed by atoms with E-state index < -0.39 is 5.97 Å². The summed E-state index contributed by atoms with van der Waals surface area (Å²) in [5.41, 5.74) is 1.33. The molecule has 34 heavy (non-hydrogen) atoms. The number of hydrogen-bond donors (Lipinski definition) is 2. The van der Waals surface area contributed by atoms with Gasteiger partial charge >= 0.3 is 5.97 Å². The molecule has 1 aliphatic rings. The van der Waals surface area contributed by atoms with Crippen molar-refractivity contribution in [3.63, 3.8) is 0 Å². The Bertz CT molecular complexity index is 1140. The maximum atomic E-state index is 12.6. The van der Waals surface area contributed by atoms with Crippen molar-refractivity contribution in [2.45, 2.75) is 13.3 Å². The van der Waals surface area contributed by atoms with Gasteiger partial charge in [0.15, 0.2) is 18.1 Å². The van der Waals surface area contributed by atoms with Crippen LogP contribution in [-0.4, -0.2) is 51.9 Å². The van der Waals surface area contributed by atoms with Crippen molar-refractivity contribution >= 4 is 73.8 Å². The fraction of sp³-hybridized carbons (Fsp3) is 0.217. The number of carbonyl (C=O) groups is 3. The number of nitrogens with zero attached hydrogens (tertiary/aromatic N) is 1. The van der Waals surface area contributed by atoms with Gasteiger partial charge in [-0.25, -0.2) is 0 Å². The zero-order chi connectivity index (χ0) is 24.7. The van der Waals surface area contributed by atoms with Crippen molar-refractivity contribution in [2.24, 2.45) is 0 Å². The third kappa shape index (κ3) is 7.05. The van der Waals surface area contributed by atoms with Crippen LogP contribution in [0.2, 0.25) is 0 Å². The van der Waals surface area contributed by atoms with Crippen molar-refractivity contribution in [3.8, 4) is 11.5 Å². The monoisotopic (exact) mass is 564 g/mol. The molecule has 178 valence electrons. The first-order chi connectivity index (χ1) is 16.3. The Morgan fingerprint density at radius 2 is 1.91 bits per heavy atom. The summed E-state index contributed by atoms with van der Waals surface area (Å²) in [7, 11) is 0. The second-order valence-corrected chi connectivity index (χ2v) is 9.55. The number of thiocarbonyl (C=S) groups is 1. The van der Waals surface area contributed by atoms with Crippen LogP contribution in [0.3, 0.4) is 0 Å². The molecule has 2 aromatic rings. The van der Waals surface area contributed by atoms with Crippen molar-refractivity contribution in [1.29, 1.82) is 0 Å². The number of ether oxygens (including phenoxy) is 2. The average molecular weight is 565 g/mol. The van der Waals surface area contributed by atoms with Gasteiger partial charge in [-0.2, -0.15) is 0 Å². The molecule has 2 aromatic carbocycles. The number of hydrogen-bond acceptors (Lipinski definition) is 7. The van der Waals surface area contributed by atoms with Crippen LogP contribution in [0.1, 0.15) is 18.9 Å². The quantitative estimate of drug-likeness (QED) is 0.320. The van der Waals surface area contributed by atoms with Gasteiger partial charge in [-0.15, -0.1) is 0 Å². The fourth-order valence-electron chi connectivity index (χ4n) is 2.93. The maximum Gasteiger partial charge on any atom is 0.305 e. The first kappa shape index (κ1) is 25.7. The van der Waals surface area contributed by atoms with Crippen LogP contribution in [-0.2, 0) is 14.4 Å². The van der Waals surface area contributed by atoms with E-state index >= 15 is 0 Å². The summed E-state index contributed by atoms with van der Waals surface area (Å²) in [6.45, 7) is 2.01. The normalized spacial score (nSPS) is 14.4. The molecule has 2 N–H and O–H groups in total. The molecule has 3 rings (SSSR count). The van der Waals surface area contributed by atoms with Crippen LogP contribution in [0.4, 0.5) is 5.69 Å². The first-order valence-electron chi connectivity index (χ1n) is 10.2.